The third-order valence-electron chi connectivity index (χ3n) is 4.90. The lowest BCUT2D eigenvalue weighted by molar-refractivity contribution is 0.212. The van der Waals surface area contributed by atoms with Crippen LogP contribution in [0, 0.1) is 6.92 Å². The van der Waals surface area contributed by atoms with Crippen molar-refractivity contribution in [3.63, 3.8) is 0 Å². The van der Waals surface area contributed by atoms with E-state index < -0.39 is 0 Å². The van der Waals surface area contributed by atoms with Crippen molar-refractivity contribution < 1.29 is 4.79 Å². The van der Waals surface area contributed by atoms with Gasteiger partial charge in [0.25, 0.3) is 0 Å². The smallest absolute Gasteiger partial charge is 0.315 e. The molecule has 6 heteroatoms. The van der Waals surface area contributed by atoms with Gasteiger partial charge in [-0.05, 0) is 64.5 Å². The summed E-state index contributed by atoms with van der Waals surface area (Å²) in [6, 6.07) is 8.36. The van der Waals surface area contributed by atoms with Gasteiger partial charge in [0.15, 0.2) is 0 Å². The van der Waals surface area contributed by atoms with Crippen LogP contribution in [0.2, 0.25) is 0 Å². The van der Waals surface area contributed by atoms with Gasteiger partial charge in [0.05, 0.1) is 6.04 Å². The second kappa shape index (κ2) is 7.70. The lowest BCUT2D eigenvalue weighted by atomic mass is 10.1. The summed E-state index contributed by atoms with van der Waals surface area (Å²) in [5.41, 5.74) is 2.15. The van der Waals surface area contributed by atoms with Crippen molar-refractivity contribution in [3.8, 4) is 5.69 Å². The Morgan fingerprint density at radius 1 is 1.24 bits per heavy atom. The van der Waals surface area contributed by atoms with Crippen LogP contribution in [-0.4, -0.2) is 46.7 Å². The van der Waals surface area contributed by atoms with E-state index in [0.717, 1.165) is 43.0 Å². The number of carbonyl (C=O) groups is 1. The summed E-state index contributed by atoms with van der Waals surface area (Å²) < 4.78 is 2.04. The Hall–Kier alpha value is -2.34. The number of amides is 2. The number of aromatic nitrogens is 2. The molecule has 0 radical (unpaired) electrons. The molecule has 1 aromatic carbocycles. The molecule has 1 saturated heterocycles. The highest BCUT2D eigenvalue weighted by Gasteiger charge is 2.19. The number of carbonyl (C=O) groups excluding carboxylic acids is 1. The lowest BCUT2D eigenvalue weighted by Crippen LogP contribution is -2.47. The molecule has 0 saturated carbocycles. The Morgan fingerprint density at radius 2 is 1.92 bits per heavy atom. The number of likely N-dealkylation sites (tertiary alicyclic amines) is 1. The van der Waals surface area contributed by atoms with Gasteiger partial charge in [-0.25, -0.2) is 9.78 Å². The fourth-order valence-corrected chi connectivity index (χ4v) is 3.23. The Morgan fingerprint density at radius 3 is 2.52 bits per heavy atom. The number of nitrogens with one attached hydrogen (secondary N) is 2. The summed E-state index contributed by atoms with van der Waals surface area (Å²) in [7, 11) is 2.12. The molecule has 2 aromatic rings. The van der Waals surface area contributed by atoms with Gasteiger partial charge in [0, 0.05) is 24.1 Å². The SMILES string of the molecule is Cc1nccn1-c1ccc([C@@H](C)NC(=O)NC2CCN(C)CC2)cc1. The molecule has 1 aliphatic heterocycles. The van der Waals surface area contributed by atoms with Crippen molar-refractivity contribution in [3.05, 3.63) is 48.0 Å². The molecule has 3 rings (SSSR count). The third kappa shape index (κ3) is 4.39. The van der Waals surface area contributed by atoms with Gasteiger partial charge >= 0.3 is 6.03 Å². The quantitative estimate of drug-likeness (QED) is 0.899. The number of hydrogen-bond acceptors (Lipinski definition) is 3. The molecule has 2 N–H and O–H groups in total. The van der Waals surface area contributed by atoms with Crippen molar-refractivity contribution >= 4 is 6.03 Å². The van der Waals surface area contributed by atoms with E-state index in [2.05, 4.69) is 51.8 Å². The van der Waals surface area contributed by atoms with E-state index in [1.807, 2.05) is 24.6 Å². The summed E-state index contributed by atoms with van der Waals surface area (Å²) in [4.78, 5) is 18.8. The Labute approximate surface area is 149 Å². The number of urea groups is 1. The summed E-state index contributed by atoms with van der Waals surface area (Å²) in [6.07, 6.45) is 5.76. The van der Waals surface area contributed by atoms with Gasteiger partial charge in [0.1, 0.15) is 5.82 Å². The van der Waals surface area contributed by atoms with E-state index in [0.29, 0.717) is 0 Å². The molecule has 134 valence electrons. The molecule has 1 aliphatic rings. The summed E-state index contributed by atoms with van der Waals surface area (Å²) >= 11 is 0. The van der Waals surface area contributed by atoms with E-state index in [1.165, 1.54) is 0 Å². The van der Waals surface area contributed by atoms with Crippen molar-refractivity contribution in [2.24, 2.45) is 0 Å². The van der Waals surface area contributed by atoms with Gasteiger partial charge in [-0.3, -0.25) is 0 Å². The largest absolute Gasteiger partial charge is 0.335 e. The average Bonchev–Trinajstić information content (AvgIpc) is 3.03. The normalized spacial score (nSPS) is 17.2. The molecular formula is C19H27N5O. The van der Waals surface area contributed by atoms with Crippen LogP contribution in [0.1, 0.15) is 37.2 Å². The molecule has 0 aliphatic carbocycles. The maximum absolute atomic E-state index is 12.2. The van der Waals surface area contributed by atoms with E-state index >= 15 is 0 Å². The summed E-state index contributed by atoms with van der Waals surface area (Å²) in [5, 5.41) is 6.13. The number of piperidine rings is 1. The van der Waals surface area contributed by atoms with Crippen LogP contribution in [0.25, 0.3) is 5.69 Å². The van der Waals surface area contributed by atoms with Crippen LogP contribution < -0.4 is 10.6 Å². The van der Waals surface area contributed by atoms with Crippen LogP contribution in [-0.2, 0) is 0 Å². The van der Waals surface area contributed by atoms with Crippen LogP contribution in [0.3, 0.4) is 0 Å². The molecule has 0 unspecified atom stereocenters. The number of nitrogens with zero attached hydrogens (tertiary/aromatic N) is 3. The van der Waals surface area contributed by atoms with E-state index in [1.54, 1.807) is 6.20 Å². The van der Waals surface area contributed by atoms with Gasteiger partial charge in [-0.15, -0.1) is 0 Å². The minimum Gasteiger partial charge on any atom is -0.335 e. The van der Waals surface area contributed by atoms with Crippen molar-refractivity contribution in [1.29, 1.82) is 0 Å². The van der Waals surface area contributed by atoms with E-state index in [-0.39, 0.29) is 18.1 Å². The van der Waals surface area contributed by atoms with Gasteiger partial charge in [-0.2, -0.15) is 0 Å². The van der Waals surface area contributed by atoms with Crippen LogP contribution in [0.5, 0.6) is 0 Å². The standard InChI is InChI=1S/C19H27N5O/c1-14(21-19(25)22-17-8-11-23(3)12-9-17)16-4-6-18(7-5-16)24-13-10-20-15(24)2/h4-7,10,13-14,17H,8-9,11-12H2,1-3H3,(H2,21,22,25)/t14-/m1/s1. The van der Waals surface area contributed by atoms with Gasteiger partial charge < -0.3 is 20.1 Å². The zero-order chi connectivity index (χ0) is 17.8. The fraction of sp³-hybridized carbons (Fsp3) is 0.474. The van der Waals surface area contributed by atoms with Crippen LogP contribution in [0.15, 0.2) is 36.7 Å². The molecule has 1 fully saturated rings. The number of aryl methyl sites for hydroxylation is 1. The maximum atomic E-state index is 12.2. The Balaban J connectivity index is 1.55. The molecule has 1 atom stereocenters. The third-order valence-corrected chi connectivity index (χ3v) is 4.90. The zero-order valence-electron chi connectivity index (χ0n) is 15.2. The van der Waals surface area contributed by atoms with Crippen molar-refractivity contribution in [2.45, 2.75) is 38.8 Å². The summed E-state index contributed by atoms with van der Waals surface area (Å²) in [5.74, 6) is 0.955. The first-order chi connectivity index (χ1) is 12.0. The Bertz CT molecular complexity index is 701. The predicted molar refractivity (Wildman–Crippen MR) is 98.9 cm³/mol. The molecule has 0 spiro atoms. The van der Waals surface area contributed by atoms with Crippen LogP contribution >= 0.6 is 0 Å². The monoisotopic (exact) mass is 341 g/mol. The van der Waals surface area contributed by atoms with Gasteiger partial charge in [0.2, 0.25) is 0 Å². The van der Waals surface area contributed by atoms with Crippen molar-refractivity contribution in [2.75, 3.05) is 20.1 Å². The first-order valence-corrected chi connectivity index (χ1v) is 8.89. The fourth-order valence-electron chi connectivity index (χ4n) is 3.23. The van der Waals surface area contributed by atoms with E-state index in [4.69, 9.17) is 0 Å². The number of benzene rings is 1. The van der Waals surface area contributed by atoms with Crippen LogP contribution in [0.4, 0.5) is 4.79 Å². The minimum absolute atomic E-state index is 0.0378. The topological polar surface area (TPSA) is 62.2 Å². The number of imidazole rings is 1. The first-order valence-electron chi connectivity index (χ1n) is 8.89. The van der Waals surface area contributed by atoms with Crippen molar-refractivity contribution in [1.82, 2.24) is 25.1 Å². The van der Waals surface area contributed by atoms with Gasteiger partial charge in [-0.1, -0.05) is 12.1 Å². The molecule has 2 heterocycles. The second-order valence-electron chi connectivity index (χ2n) is 6.85. The lowest BCUT2D eigenvalue weighted by Gasteiger charge is -2.29. The highest BCUT2D eigenvalue weighted by Crippen LogP contribution is 2.17. The molecule has 1 aromatic heterocycles. The zero-order valence-corrected chi connectivity index (χ0v) is 15.2. The molecule has 25 heavy (non-hydrogen) atoms. The first kappa shape index (κ1) is 17.5. The number of rotatable bonds is 4. The Kier molecular flexibility index (Phi) is 5.38. The molecular weight excluding hydrogens is 314 g/mol. The molecule has 6 nitrogen and oxygen atoms in total. The number of hydrogen-bond donors (Lipinski definition) is 2. The molecule has 2 amide bonds. The minimum atomic E-state index is -0.0865. The average molecular weight is 341 g/mol. The van der Waals surface area contributed by atoms with E-state index in [9.17, 15) is 4.79 Å². The second-order valence-corrected chi connectivity index (χ2v) is 6.85. The highest BCUT2D eigenvalue weighted by molar-refractivity contribution is 5.74. The highest BCUT2D eigenvalue weighted by atomic mass is 16.2. The maximum Gasteiger partial charge on any atom is 0.315 e. The summed E-state index contributed by atoms with van der Waals surface area (Å²) in [6.45, 7) is 6.06. The molecule has 0 bridgehead atoms. The predicted octanol–water partition coefficient (Wildman–Crippen LogP) is 2.64.